The fourth-order valence-corrected chi connectivity index (χ4v) is 1.05. The van der Waals surface area contributed by atoms with Crippen molar-refractivity contribution in [1.82, 2.24) is 15.0 Å². The van der Waals surface area contributed by atoms with Crippen molar-refractivity contribution in [2.45, 2.75) is 0 Å². The van der Waals surface area contributed by atoms with Crippen molar-refractivity contribution in [1.29, 1.82) is 0 Å². The first-order chi connectivity index (χ1) is 6.25. The van der Waals surface area contributed by atoms with Gasteiger partial charge in [-0.3, -0.25) is 0 Å². The molecule has 1 aromatic heterocycles. The second-order valence-electron chi connectivity index (χ2n) is 2.65. The maximum atomic E-state index is 5.60. The molecular weight excluding hydrogens is 166 g/mol. The van der Waals surface area contributed by atoms with Crippen LogP contribution < -0.4 is 11.5 Å². The molecule has 4 N–H and O–H groups in total. The quantitative estimate of drug-likeness (QED) is 0.616. The van der Waals surface area contributed by atoms with Crippen LogP contribution in [0.2, 0.25) is 0 Å². The number of anilines is 2. The fourth-order valence-electron chi connectivity index (χ4n) is 1.05. The Balaban J connectivity index is 2.46. The van der Waals surface area contributed by atoms with Crippen LogP contribution in [0.15, 0.2) is 30.5 Å². The summed E-state index contributed by atoms with van der Waals surface area (Å²) in [6.45, 7) is 0. The largest absolute Gasteiger partial charge is 0.399 e. The standard InChI is InChI=1S/C8H9N5/c9-6-2-1-3-7(4-6)13-11-5-8(10)12-13/h1-5H,9H2,(H2,10,12). The maximum Gasteiger partial charge on any atom is 0.166 e. The van der Waals surface area contributed by atoms with E-state index in [9.17, 15) is 0 Å². The highest BCUT2D eigenvalue weighted by atomic mass is 15.5. The van der Waals surface area contributed by atoms with E-state index in [2.05, 4.69) is 10.2 Å². The number of hydrogen-bond acceptors (Lipinski definition) is 4. The summed E-state index contributed by atoms with van der Waals surface area (Å²) in [5, 5.41) is 7.90. The van der Waals surface area contributed by atoms with Gasteiger partial charge in [-0.2, -0.15) is 5.10 Å². The molecule has 0 fully saturated rings. The number of nitrogen functional groups attached to an aromatic ring is 2. The minimum Gasteiger partial charge on any atom is -0.399 e. The maximum absolute atomic E-state index is 5.60. The summed E-state index contributed by atoms with van der Waals surface area (Å²) >= 11 is 0. The first kappa shape index (κ1) is 7.60. The van der Waals surface area contributed by atoms with E-state index in [1.54, 1.807) is 12.1 Å². The van der Waals surface area contributed by atoms with Gasteiger partial charge in [0.15, 0.2) is 5.82 Å². The zero-order chi connectivity index (χ0) is 9.26. The summed E-state index contributed by atoms with van der Waals surface area (Å²) in [7, 11) is 0. The lowest BCUT2D eigenvalue weighted by molar-refractivity contribution is 0.755. The predicted molar refractivity (Wildman–Crippen MR) is 50.2 cm³/mol. The van der Waals surface area contributed by atoms with Gasteiger partial charge in [-0.25, -0.2) is 0 Å². The summed E-state index contributed by atoms with van der Waals surface area (Å²) in [6.07, 6.45) is 1.49. The summed E-state index contributed by atoms with van der Waals surface area (Å²) < 4.78 is 0. The molecular formula is C8H9N5. The van der Waals surface area contributed by atoms with Crippen molar-refractivity contribution in [2.75, 3.05) is 11.5 Å². The van der Waals surface area contributed by atoms with E-state index in [1.807, 2.05) is 12.1 Å². The molecule has 0 saturated heterocycles. The van der Waals surface area contributed by atoms with Crippen molar-refractivity contribution in [2.24, 2.45) is 0 Å². The van der Waals surface area contributed by atoms with Crippen LogP contribution in [0.4, 0.5) is 11.5 Å². The Morgan fingerprint density at radius 3 is 2.69 bits per heavy atom. The molecule has 0 unspecified atom stereocenters. The monoisotopic (exact) mass is 175 g/mol. The molecule has 1 heterocycles. The minimum atomic E-state index is 0.391. The van der Waals surface area contributed by atoms with Gasteiger partial charge in [-0.1, -0.05) is 6.07 Å². The molecule has 0 amide bonds. The van der Waals surface area contributed by atoms with Crippen molar-refractivity contribution in [3.8, 4) is 5.69 Å². The van der Waals surface area contributed by atoms with Gasteiger partial charge in [0.2, 0.25) is 0 Å². The van der Waals surface area contributed by atoms with Crippen LogP contribution in [0.3, 0.4) is 0 Å². The Labute approximate surface area is 75.0 Å². The lowest BCUT2D eigenvalue weighted by atomic mass is 10.3. The van der Waals surface area contributed by atoms with Gasteiger partial charge in [0.1, 0.15) is 0 Å². The number of nitrogens with zero attached hydrogens (tertiary/aromatic N) is 3. The Hall–Kier alpha value is -2.04. The molecule has 5 nitrogen and oxygen atoms in total. The molecule has 0 atom stereocenters. The van der Waals surface area contributed by atoms with Gasteiger partial charge in [0, 0.05) is 5.69 Å². The molecule has 1 aromatic carbocycles. The van der Waals surface area contributed by atoms with Crippen LogP contribution in [0.1, 0.15) is 0 Å². The normalized spacial score (nSPS) is 10.2. The molecule has 0 bridgehead atoms. The lowest BCUT2D eigenvalue weighted by Gasteiger charge is -1.99. The summed E-state index contributed by atoms with van der Waals surface area (Å²) in [6, 6.07) is 7.27. The first-order valence-electron chi connectivity index (χ1n) is 3.79. The smallest absolute Gasteiger partial charge is 0.166 e. The molecule has 0 spiro atoms. The molecule has 5 heteroatoms. The summed E-state index contributed by atoms with van der Waals surface area (Å²) in [5.41, 5.74) is 12.5. The highest BCUT2D eigenvalue weighted by Crippen LogP contribution is 2.09. The van der Waals surface area contributed by atoms with E-state index < -0.39 is 0 Å². The van der Waals surface area contributed by atoms with Crippen LogP contribution in [-0.4, -0.2) is 15.0 Å². The van der Waals surface area contributed by atoms with Crippen molar-refractivity contribution >= 4 is 11.5 Å². The predicted octanol–water partition coefficient (Wildman–Crippen LogP) is 0.432. The van der Waals surface area contributed by atoms with Gasteiger partial charge >= 0.3 is 0 Å². The lowest BCUT2D eigenvalue weighted by Crippen LogP contribution is -1.99. The van der Waals surface area contributed by atoms with Crippen molar-refractivity contribution in [3.63, 3.8) is 0 Å². The number of aromatic nitrogens is 3. The molecule has 0 aliphatic carbocycles. The molecule has 13 heavy (non-hydrogen) atoms. The van der Waals surface area contributed by atoms with Crippen LogP contribution >= 0.6 is 0 Å². The molecule has 2 rings (SSSR count). The average molecular weight is 175 g/mol. The topological polar surface area (TPSA) is 82.8 Å². The third-order valence-corrected chi connectivity index (χ3v) is 1.61. The molecule has 0 aliphatic heterocycles. The van der Waals surface area contributed by atoms with Gasteiger partial charge in [0.05, 0.1) is 11.9 Å². The number of hydrogen-bond donors (Lipinski definition) is 2. The van der Waals surface area contributed by atoms with Gasteiger partial charge in [0.25, 0.3) is 0 Å². The van der Waals surface area contributed by atoms with Crippen molar-refractivity contribution in [3.05, 3.63) is 30.5 Å². The van der Waals surface area contributed by atoms with Crippen LogP contribution in [0.5, 0.6) is 0 Å². The van der Waals surface area contributed by atoms with Crippen LogP contribution in [0.25, 0.3) is 5.69 Å². The molecule has 0 radical (unpaired) electrons. The molecule has 0 aliphatic rings. The SMILES string of the molecule is Nc1cccc(-n2ncc(N)n2)c1. The first-order valence-corrected chi connectivity index (χ1v) is 3.79. The Morgan fingerprint density at radius 2 is 2.08 bits per heavy atom. The Kier molecular flexibility index (Phi) is 1.63. The second kappa shape index (κ2) is 2.78. The van der Waals surface area contributed by atoms with E-state index in [-0.39, 0.29) is 0 Å². The highest BCUT2D eigenvalue weighted by Gasteiger charge is 1.99. The molecule has 2 aromatic rings. The third kappa shape index (κ3) is 1.44. The Morgan fingerprint density at radius 1 is 1.23 bits per heavy atom. The second-order valence-corrected chi connectivity index (χ2v) is 2.65. The zero-order valence-corrected chi connectivity index (χ0v) is 6.88. The average Bonchev–Trinajstić information content (AvgIpc) is 2.52. The summed E-state index contributed by atoms with van der Waals surface area (Å²) in [4.78, 5) is 1.44. The Bertz CT molecular complexity index is 420. The zero-order valence-electron chi connectivity index (χ0n) is 6.88. The van der Waals surface area contributed by atoms with E-state index in [4.69, 9.17) is 11.5 Å². The molecule has 66 valence electrons. The molecule has 0 saturated carbocycles. The van der Waals surface area contributed by atoms with E-state index >= 15 is 0 Å². The van der Waals surface area contributed by atoms with Gasteiger partial charge in [-0.15, -0.1) is 9.90 Å². The van der Waals surface area contributed by atoms with Crippen molar-refractivity contribution < 1.29 is 0 Å². The van der Waals surface area contributed by atoms with E-state index in [1.165, 1.54) is 11.0 Å². The van der Waals surface area contributed by atoms with Gasteiger partial charge < -0.3 is 11.5 Å². The third-order valence-electron chi connectivity index (χ3n) is 1.61. The number of nitrogens with two attached hydrogens (primary N) is 2. The van der Waals surface area contributed by atoms with Crippen LogP contribution in [0, 0.1) is 0 Å². The van der Waals surface area contributed by atoms with E-state index in [0.717, 1.165) is 5.69 Å². The summed E-state index contributed by atoms with van der Waals surface area (Å²) in [5.74, 6) is 0.391. The minimum absolute atomic E-state index is 0.391. The fraction of sp³-hybridized carbons (Fsp3) is 0. The van der Waals surface area contributed by atoms with Gasteiger partial charge in [-0.05, 0) is 18.2 Å². The van der Waals surface area contributed by atoms with E-state index in [0.29, 0.717) is 11.5 Å². The number of rotatable bonds is 1. The number of benzene rings is 1. The van der Waals surface area contributed by atoms with Crippen LogP contribution in [-0.2, 0) is 0 Å². The highest BCUT2D eigenvalue weighted by molar-refractivity contribution is 5.46.